The third-order valence-corrected chi connectivity index (χ3v) is 6.47. The van der Waals surface area contributed by atoms with Crippen molar-refractivity contribution in [1.29, 1.82) is 0 Å². The molecule has 33 heavy (non-hydrogen) atoms. The maximum atomic E-state index is 13.5. The van der Waals surface area contributed by atoms with Crippen molar-refractivity contribution in [2.45, 2.75) is 33.2 Å². The Kier molecular flexibility index (Phi) is 6.45. The minimum Gasteiger partial charge on any atom is -0.339 e. The lowest BCUT2D eigenvalue weighted by Gasteiger charge is -2.40. The van der Waals surface area contributed by atoms with E-state index in [1.54, 1.807) is 22.8 Å². The quantitative estimate of drug-likeness (QED) is 0.655. The molecule has 3 aromatic rings. The Morgan fingerprint density at radius 2 is 1.70 bits per heavy atom. The molecule has 2 aromatic carbocycles. The summed E-state index contributed by atoms with van der Waals surface area (Å²) in [5, 5.41) is 0. The van der Waals surface area contributed by atoms with Gasteiger partial charge in [0.2, 0.25) is 5.91 Å². The molecule has 0 saturated carbocycles. The predicted molar refractivity (Wildman–Crippen MR) is 129 cm³/mol. The van der Waals surface area contributed by atoms with Crippen LogP contribution in [0, 0.1) is 13.8 Å². The lowest BCUT2D eigenvalue weighted by molar-refractivity contribution is -0.139. The number of pyridine rings is 1. The van der Waals surface area contributed by atoms with Crippen LogP contribution in [0.25, 0.3) is 11.1 Å². The number of nitrogens with zero attached hydrogens (tertiary/aromatic N) is 2. The summed E-state index contributed by atoms with van der Waals surface area (Å²) in [6.07, 6.45) is 0.384. The standard InChI is InChI=1S/C27H29N3O3/c1-4-29-14-15-30(26(32)23-16-18(2)19(3)28-25(23)31)24(27(29)33)17-21-12-8-9-13-22(21)20-10-6-5-7-11-20/h5-13,16,24H,4,14-15,17H2,1-3H3,(H,28,31)/t24-/m1/s1. The van der Waals surface area contributed by atoms with Gasteiger partial charge >= 0.3 is 0 Å². The number of aromatic amines is 1. The molecule has 2 heterocycles. The van der Waals surface area contributed by atoms with Gasteiger partial charge in [0.1, 0.15) is 11.6 Å². The minimum atomic E-state index is -0.669. The van der Waals surface area contributed by atoms with Gasteiger partial charge < -0.3 is 14.8 Å². The van der Waals surface area contributed by atoms with Crippen molar-refractivity contribution in [2.75, 3.05) is 19.6 Å². The Morgan fingerprint density at radius 3 is 2.42 bits per heavy atom. The number of carbonyl (C=O) groups excluding carboxylic acids is 2. The van der Waals surface area contributed by atoms with Gasteiger partial charge in [-0.1, -0.05) is 54.6 Å². The van der Waals surface area contributed by atoms with Crippen LogP contribution in [0.3, 0.4) is 0 Å². The number of amides is 2. The Morgan fingerprint density at radius 1 is 1.00 bits per heavy atom. The lowest BCUT2D eigenvalue weighted by Crippen LogP contribution is -2.59. The molecule has 1 fully saturated rings. The zero-order chi connectivity index (χ0) is 23.5. The van der Waals surface area contributed by atoms with Crippen LogP contribution in [0.4, 0.5) is 0 Å². The molecule has 1 aliphatic rings. The fraction of sp³-hybridized carbons (Fsp3) is 0.296. The van der Waals surface area contributed by atoms with Gasteiger partial charge in [-0.05, 0) is 49.1 Å². The van der Waals surface area contributed by atoms with Crippen LogP contribution in [0.1, 0.15) is 34.1 Å². The third kappa shape index (κ3) is 4.46. The van der Waals surface area contributed by atoms with E-state index in [4.69, 9.17) is 0 Å². The fourth-order valence-corrected chi connectivity index (χ4v) is 4.44. The highest BCUT2D eigenvalue weighted by molar-refractivity contribution is 5.98. The van der Waals surface area contributed by atoms with E-state index in [9.17, 15) is 14.4 Å². The van der Waals surface area contributed by atoms with Crippen molar-refractivity contribution in [3.8, 4) is 11.1 Å². The number of piperazine rings is 1. The molecule has 0 unspecified atom stereocenters. The molecule has 1 atom stereocenters. The van der Waals surface area contributed by atoms with Crippen molar-refractivity contribution in [3.63, 3.8) is 0 Å². The van der Waals surface area contributed by atoms with Gasteiger partial charge in [0, 0.05) is 31.7 Å². The van der Waals surface area contributed by atoms with E-state index < -0.39 is 17.5 Å². The molecule has 2 amide bonds. The number of nitrogens with one attached hydrogen (secondary N) is 1. The minimum absolute atomic E-state index is 0.0807. The van der Waals surface area contributed by atoms with Crippen molar-refractivity contribution >= 4 is 11.8 Å². The van der Waals surface area contributed by atoms with Gasteiger partial charge in [0.15, 0.2) is 0 Å². The summed E-state index contributed by atoms with van der Waals surface area (Å²) < 4.78 is 0. The molecule has 1 saturated heterocycles. The van der Waals surface area contributed by atoms with Crippen LogP contribution in [-0.2, 0) is 11.2 Å². The van der Waals surface area contributed by atoms with E-state index in [2.05, 4.69) is 4.98 Å². The summed E-state index contributed by atoms with van der Waals surface area (Å²) in [5.41, 5.74) is 4.32. The number of benzene rings is 2. The molecule has 1 aromatic heterocycles. The molecule has 6 nitrogen and oxygen atoms in total. The highest BCUT2D eigenvalue weighted by Crippen LogP contribution is 2.27. The highest BCUT2D eigenvalue weighted by Gasteiger charge is 2.38. The second kappa shape index (κ2) is 9.45. The summed E-state index contributed by atoms with van der Waals surface area (Å²) in [5.74, 6) is -0.481. The van der Waals surface area contributed by atoms with Gasteiger partial charge in [-0.2, -0.15) is 0 Å². The average molecular weight is 444 g/mol. The summed E-state index contributed by atoms with van der Waals surface area (Å²) >= 11 is 0. The Balaban J connectivity index is 1.73. The second-order valence-corrected chi connectivity index (χ2v) is 8.48. The number of aryl methyl sites for hydroxylation is 2. The molecule has 170 valence electrons. The van der Waals surface area contributed by atoms with Gasteiger partial charge in [-0.25, -0.2) is 0 Å². The summed E-state index contributed by atoms with van der Waals surface area (Å²) in [6.45, 7) is 7.04. The third-order valence-electron chi connectivity index (χ3n) is 6.47. The van der Waals surface area contributed by atoms with Crippen molar-refractivity contribution in [2.24, 2.45) is 0 Å². The van der Waals surface area contributed by atoms with Crippen LogP contribution in [0.5, 0.6) is 0 Å². The predicted octanol–water partition coefficient (Wildman–Crippen LogP) is 3.57. The van der Waals surface area contributed by atoms with Gasteiger partial charge in [-0.15, -0.1) is 0 Å². The van der Waals surface area contributed by atoms with E-state index in [1.807, 2.05) is 68.4 Å². The van der Waals surface area contributed by atoms with Crippen LogP contribution < -0.4 is 5.56 Å². The monoisotopic (exact) mass is 443 g/mol. The van der Waals surface area contributed by atoms with Crippen LogP contribution in [-0.4, -0.2) is 52.3 Å². The zero-order valence-corrected chi connectivity index (χ0v) is 19.3. The molecular weight excluding hydrogens is 414 g/mol. The topological polar surface area (TPSA) is 73.5 Å². The SMILES string of the molecule is CCN1CCN(C(=O)c2cc(C)c(C)[nH]c2=O)[C@H](Cc2ccccc2-c2ccccc2)C1=O. The summed E-state index contributed by atoms with van der Waals surface area (Å²) in [7, 11) is 0. The Hall–Kier alpha value is -3.67. The number of hydrogen-bond acceptors (Lipinski definition) is 3. The number of H-pyrrole nitrogens is 1. The van der Waals surface area contributed by atoms with E-state index in [1.165, 1.54) is 0 Å². The van der Waals surface area contributed by atoms with Crippen molar-refractivity contribution in [1.82, 2.24) is 14.8 Å². The highest BCUT2D eigenvalue weighted by atomic mass is 16.2. The first-order valence-corrected chi connectivity index (χ1v) is 11.3. The largest absolute Gasteiger partial charge is 0.339 e. The molecule has 0 spiro atoms. The van der Waals surface area contributed by atoms with Crippen LogP contribution in [0.15, 0.2) is 65.5 Å². The summed E-state index contributed by atoms with van der Waals surface area (Å²) in [6, 6.07) is 18.9. The molecular formula is C27H29N3O3. The van der Waals surface area contributed by atoms with E-state index in [0.29, 0.717) is 26.1 Å². The molecule has 4 rings (SSSR count). The van der Waals surface area contributed by atoms with Gasteiger partial charge in [-0.3, -0.25) is 14.4 Å². The number of aromatic nitrogens is 1. The first kappa shape index (κ1) is 22.5. The number of rotatable bonds is 5. The molecule has 0 radical (unpaired) electrons. The maximum absolute atomic E-state index is 13.5. The van der Waals surface area contributed by atoms with Crippen molar-refractivity contribution < 1.29 is 9.59 Å². The number of likely N-dealkylation sites (N-methyl/N-ethyl adjacent to an activating group) is 1. The average Bonchev–Trinajstić information content (AvgIpc) is 2.83. The maximum Gasteiger partial charge on any atom is 0.261 e. The van der Waals surface area contributed by atoms with Crippen LogP contribution in [0.2, 0.25) is 0 Å². The second-order valence-electron chi connectivity index (χ2n) is 8.48. The molecule has 0 bridgehead atoms. The van der Waals surface area contributed by atoms with E-state index in [-0.39, 0.29) is 11.5 Å². The van der Waals surface area contributed by atoms with E-state index in [0.717, 1.165) is 27.9 Å². The smallest absolute Gasteiger partial charge is 0.261 e. The normalized spacial score (nSPS) is 16.2. The first-order chi connectivity index (χ1) is 15.9. The number of hydrogen-bond donors (Lipinski definition) is 1. The Bertz CT molecular complexity index is 1230. The summed E-state index contributed by atoms with van der Waals surface area (Å²) in [4.78, 5) is 45.6. The fourth-order valence-electron chi connectivity index (χ4n) is 4.44. The molecule has 0 aliphatic carbocycles. The molecule has 1 N–H and O–H groups in total. The molecule has 6 heteroatoms. The van der Waals surface area contributed by atoms with Crippen molar-refractivity contribution in [3.05, 3.63) is 93.4 Å². The van der Waals surface area contributed by atoms with Gasteiger partial charge in [0.25, 0.3) is 11.5 Å². The lowest BCUT2D eigenvalue weighted by atomic mass is 9.93. The number of carbonyl (C=O) groups is 2. The molecule has 1 aliphatic heterocycles. The Labute approximate surface area is 193 Å². The first-order valence-electron chi connectivity index (χ1n) is 11.3. The van der Waals surface area contributed by atoms with Gasteiger partial charge in [0.05, 0.1) is 0 Å². The van der Waals surface area contributed by atoms with E-state index >= 15 is 0 Å². The van der Waals surface area contributed by atoms with Crippen LogP contribution >= 0.6 is 0 Å². The zero-order valence-electron chi connectivity index (χ0n) is 19.3.